The summed E-state index contributed by atoms with van der Waals surface area (Å²) in [6.07, 6.45) is 9.24. The summed E-state index contributed by atoms with van der Waals surface area (Å²) in [7, 11) is 0. The zero-order valence-electron chi connectivity index (χ0n) is 9.71. The highest BCUT2D eigenvalue weighted by Gasteiger charge is 2.17. The number of hydrogen-bond acceptors (Lipinski definition) is 3. The molecular weight excluding hydrogens is 190 g/mol. The van der Waals surface area contributed by atoms with Gasteiger partial charge in [0.05, 0.1) is 13.2 Å². The predicted octanol–water partition coefficient (Wildman–Crippen LogP) is 1.72. The number of rotatable bonds is 8. The van der Waals surface area contributed by atoms with Gasteiger partial charge in [0.2, 0.25) is 0 Å². The van der Waals surface area contributed by atoms with Gasteiger partial charge in [-0.05, 0) is 13.3 Å². The van der Waals surface area contributed by atoms with Crippen LogP contribution in [0.15, 0.2) is 0 Å². The average molecular weight is 211 g/mol. The van der Waals surface area contributed by atoms with E-state index in [-0.39, 0.29) is 12.0 Å². The fourth-order valence-corrected chi connectivity index (χ4v) is 1.33. The molecule has 0 heterocycles. The van der Waals surface area contributed by atoms with Gasteiger partial charge in [-0.3, -0.25) is 10.1 Å². The number of esters is 1. The molecule has 1 N–H and O–H groups in total. The molecule has 3 heteroatoms. The topological polar surface area (TPSA) is 38.3 Å². The fraction of sp³-hybridized carbons (Fsp3) is 0.750. The molecule has 3 nitrogen and oxygen atoms in total. The molecule has 0 aliphatic heterocycles. The minimum absolute atomic E-state index is 0.191. The zero-order valence-corrected chi connectivity index (χ0v) is 9.71. The lowest BCUT2D eigenvalue weighted by Crippen LogP contribution is -2.38. The minimum atomic E-state index is -0.243. The largest absolute Gasteiger partial charge is 0.465 e. The maximum Gasteiger partial charge on any atom is 0.323 e. The SMILES string of the molecule is C#CCNC(CCCCC)C(=O)OCC. The van der Waals surface area contributed by atoms with Crippen LogP contribution in [-0.4, -0.2) is 25.2 Å². The number of carbonyl (C=O) groups excluding carboxylic acids is 1. The second kappa shape index (κ2) is 9.54. The smallest absolute Gasteiger partial charge is 0.323 e. The third-order valence-electron chi connectivity index (χ3n) is 2.12. The van der Waals surface area contributed by atoms with Gasteiger partial charge in [0.15, 0.2) is 0 Å². The van der Waals surface area contributed by atoms with E-state index in [1.54, 1.807) is 0 Å². The van der Waals surface area contributed by atoms with Crippen molar-refractivity contribution < 1.29 is 9.53 Å². The van der Waals surface area contributed by atoms with Crippen LogP contribution in [0.3, 0.4) is 0 Å². The molecule has 1 atom stereocenters. The molecule has 0 fully saturated rings. The van der Waals surface area contributed by atoms with Crippen LogP contribution in [0.2, 0.25) is 0 Å². The van der Waals surface area contributed by atoms with Crippen LogP contribution in [0.5, 0.6) is 0 Å². The maximum absolute atomic E-state index is 11.5. The van der Waals surface area contributed by atoms with E-state index >= 15 is 0 Å². The minimum Gasteiger partial charge on any atom is -0.465 e. The summed E-state index contributed by atoms with van der Waals surface area (Å²) in [5.41, 5.74) is 0. The van der Waals surface area contributed by atoms with Crippen molar-refractivity contribution in [1.82, 2.24) is 5.32 Å². The first kappa shape index (κ1) is 14.0. The van der Waals surface area contributed by atoms with Gasteiger partial charge in [-0.25, -0.2) is 0 Å². The lowest BCUT2D eigenvalue weighted by atomic mass is 10.1. The summed E-state index contributed by atoms with van der Waals surface area (Å²) < 4.78 is 4.96. The highest BCUT2D eigenvalue weighted by Crippen LogP contribution is 2.05. The Morgan fingerprint density at radius 2 is 2.20 bits per heavy atom. The highest BCUT2D eigenvalue weighted by molar-refractivity contribution is 5.75. The molecule has 0 aromatic carbocycles. The Morgan fingerprint density at radius 3 is 2.73 bits per heavy atom. The van der Waals surface area contributed by atoms with Crippen molar-refractivity contribution in [3.63, 3.8) is 0 Å². The van der Waals surface area contributed by atoms with E-state index in [1.165, 1.54) is 0 Å². The molecule has 86 valence electrons. The van der Waals surface area contributed by atoms with Crippen LogP contribution in [0.1, 0.15) is 39.5 Å². The molecule has 0 amide bonds. The van der Waals surface area contributed by atoms with Crippen molar-refractivity contribution in [2.75, 3.05) is 13.2 Å². The van der Waals surface area contributed by atoms with Gasteiger partial charge in [-0.15, -0.1) is 6.42 Å². The number of carbonyl (C=O) groups is 1. The predicted molar refractivity (Wildman–Crippen MR) is 61.4 cm³/mol. The van der Waals surface area contributed by atoms with Gasteiger partial charge < -0.3 is 4.74 Å². The first-order valence-corrected chi connectivity index (χ1v) is 5.59. The Kier molecular flexibility index (Phi) is 8.90. The molecule has 15 heavy (non-hydrogen) atoms. The lowest BCUT2D eigenvalue weighted by molar-refractivity contribution is -0.145. The normalized spacial score (nSPS) is 11.8. The molecule has 0 aliphatic rings. The van der Waals surface area contributed by atoms with Gasteiger partial charge in [-0.1, -0.05) is 32.1 Å². The first-order valence-electron chi connectivity index (χ1n) is 5.59. The monoisotopic (exact) mass is 211 g/mol. The second-order valence-electron chi connectivity index (χ2n) is 3.39. The fourth-order valence-electron chi connectivity index (χ4n) is 1.33. The number of hydrogen-bond donors (Lipinski definition) is 1. The van der Waals surface area contributed by atoms with E-state index in [9.17, 15) is 4.79 Å². The second-order valence-corrected chi connectivity index (χ2v) is 3.39. The Hall–Kier alpha value is -1.01. The van der Waals surface area contributed by atoms with Crippen LogP contribution in [-0.2, 0) is 9.53 Å². The number of nitrogens with one attached hydrogen (secondary N) is 1. The van der Waals surface area contributed by atoms with E-state index in [0.717, 1.165) is 25.7 Å². The standard InChI is InChI=1S/C12H21NO2/c1-4-7-8-9-11(13-10-5-2)12(14)15-6-3/h2,11,13H,4,6-10H2,1,3H3. The van der Waals surface area contributed by atoms with Gasteiger partial charge in [0, 0.05) is 0 Å². The summed E-state index contributed by atoms with van der Waals surface area (Å²) >= 11 is 0. The molecule has 0 aromatic heterocycles. The Morgan fingerprint density at radius 1 is 1.47 bits per heavy atom. The van der Waals surface area contributed by atoms with E-state index in [4.69, 9.17) is 11.2 Å². The zero-order chi connectivity index (χ0) is 11.5. The van der Waals surface area contributed by atoms with Gasteiger partial charge >= 0.3 is 5.97 Å². The van der Waals surface area contributed by atoms with Crippen LogP contribution >= 0.6 is 0 Å². The Labute approximate surface area is 92.6 Å². The first-order chi connectivity index (χ1) is 7.26. The van der Waals surface area contributed by atoms with Crippen LogP contribution in [0, 0.1) is 12.3 Å². The summed E-state index contributed by atoms with van der Waals surface area (Å²) in [6.45, 7) is 4.77. The van der Waals surface area contributed by atoms with Gasteiger partial charge in [0.25, 0.3) is 0 Å². The number of unbranched alkanes of at least 4 members (excludes halogenated alkanes) is 2. The van der Waals surface area contributed by atoms with Crippen LogP contribution in [0.25, 0.3) is 0 Å². The van der Waals surface area contributed by atoms with Crippen molar-refractivity contribution in [2.24, 2.45) is 0 Å². The number of ether oxygens (including phenoxy) is 1. The molecule has 0 aliphatic carbocycles. The maximum atomic E-state index is 11.5. The summed E-state index contributed by atoms with van der Waals surface area (Å²) in [4.78, 5) is 11.5. The molecule has 0 aromatic rings. The summed E-state index contributed by atoms with van der Waals surface area (Å²) in [6, 6.07) is -0.243. The van der Waals surface area contributed by atoms with E-state index in [2.05, 4.69) is 18.2 Å². The Balaban J connectivity index is 3.94. The molecule has 0 rings (SSSR count). The van der Waals surface area contributed by atoms with E-state index in [0.29, 0.717) is 13.2 Å². The van der Waals surface area contributed by atoms with Crippen molar-refractivity contribution >= 4 is 5.97 Å². The van der Waals surface area contributed by atoms with Crippen molar-refractivity contribution in [2.45, 2.75) is 45.6 Å². The van der Waals surface area contributed by atoms with Crippen LogP contribution in [0.4, 0.5) is 0 Å². The van der Waals surface area contributed by atoms with Gasteiger partial charge in [-0.2, -0.15) is 0 Å². The number of terminal acetylenes is 1. The van der Waals surface area contributed by atoms with E-state index in [1.807, 2.05) is 6.92 Å². The van der Waals surface area contributed by atoms with Crippen molar-refractivity contribution in [3.05, 3.63) is 0 Å². The van der Waals surface area contributed by atoms with Crippen molar-refractivity contribution in [3.8, 4) is 12.3 Å². The third-order valence-corrected chi connectivity index (χ3v) is 2.12. The lowest BCUT2D eigenvalue weighted by Gasteiger charge is -2.15. The van der Waals surface area contributed by atoms with Crippen molar-refractivity contribution in [1.29, 1.82) is 0 Å². The third kappa shape index (κ3) is 6.98. The Bertz CT molecular complexity index is 208. The van der Waals surface area contributed by atoms with E-state index < -0.39 is 0 Å². The molecule has 0 saturated heterocycles. The molecular formula is C12H21NO2. The average Bonchev–Trinajstić information content (AvgIpc) is 2.23. The molecule has 0 spiro atoms. The quantitative estimate of drug-likeness (QED) is 0.377. The highest BCUT2D eigenvalue weighted by atomic mass is 16.5. The van der Waals surface area contributed by atoms with Gasteiger partial charge in [0.1, 0.15) is 6.04 Å². The molecule has 1 unspecified atom stereocenters. The molecule has 0 bridgehead atoms. The summed E-state index contributed by atoms with van der Waals surface area (Å²) in [5.74, 6) is 2.28. The molecule has 0 saturated carbocycles. The molecule has 0 radical (unpaired) electrons. The summed E-state index contributed by atoms with van der Waals surface area (Å²) in [5, 5.41) is 3.00. The van der Waals surface area contributed by atoms with Crippen LogP contribution < -0.4 is 5.32 Å².